The Morgan fingerprint density at radius 2 is 2.28 bits per heavy atom. The van der Waals surface area contributed by atoms with Crippen LogP contribution in [0, 0.1) is 0 Å². The van der Waals surface area contributed by atoms with Gasteiger partial charge in [0, 0.05) is 32.5 Å². The highest BCUT2D eigenvalue weighted by atomic mass is 32.1. The average molecular weight is 259 g/mol. The topological polar surface area (TPSA) is 28.2 Å². The standard InChI is InChI=1S/C14H17N3S/c1-15-14-16-9-13(18-14)11-5-6-12-10(8-11)4-3-7-17(12)2/h5-6,8-9H,3-4,7H2,1-2H3,(H,15,16). The maximum Gasteiger partial charge on any atom is 0.182 e. The first-order valence-electron chi connectivity index (χ1n) is 6.26. The summed E-state index contributed by atoms with van der Waals surface area (Å²) in [5.41, 5.74) is 4.12. The molecule has 2 aromatic rings. The van der Waals surface area contributed by atoms with Crippen LogP contribution in [0.1, 0.15) is 12.0 Å². The van der Waals surface area contributed by atoms with Crippen LogP contribution in [0.5, 0.6) is 0 Å². The summed E-state index contributed by atoms with van der Waals surface area (Å²) < 4.78 is 0. The molecule has 4 heteroatoms. The van der Waals surface area contributed by atoms with Crippen molar-refractivity contribution < 1.29 is 0 Å². The van der Waals surface area contributed by atoms with E-state index in [0.717, 1.165) is 11.7 Å². The van der Waals surface area contributed by atoms with E-state index in [0.29, 0.717) is 0 Å². The van der Waals surface area contributed by atoms with Gasteiger partial charge in [-0.1, -0.05) is 17.4 Å². The summed E-state index contributed by atoms with van der Waals surface area (Å²) >= 11 is 1.70. The van der Waals surface area contributed by atoms with Crippen LogP contribution in [0.25, 0.3) is 10.4 Å². The maximum absolute atomic E-state index is 4.34. The molecule has 0 atom stereocenters. The second kappa shape index (κ2) is 4.61. The molecule has 1 aromatic carbocycles. The molecule has 1 aliphatic rings. The number of nitrogens with zero attached hydrogens (tertiary/aromatic N) is 2. The minimum atomic E-state index is 0.972. The van der Waals surface area contributed by atoms with Gasteiger partial charge in [0.05, 0.1) is 4.88 Å². The van der Waals surface area contributed by atoms with Gasteiger partial charge in [0.15, 0.2) is 5.13 Å². The van der Waals surface area contributed by atoms with Crippen molar-refractivity contribution in [2.24, 2.45) is 0 Å². The maximum atomic E-state index is 4.34. The molecule has 0 radical (unpaired) electrons. The van der Waals surface area contributed by atoms with Crippen LogP contribution in [0.2, 0.25) is 0 Å². The zero-order valence-electron chi connectivity index (χ0n) is 10.7. The van der Waals surface area contributed by atoms with Crippen LogP contribution in [0.4, 0.5) is 10.8 Å². The molecule has 0 bridgehead atoms. The highest BCUT2D eigenvalue weighted by Gasteiger charge is 2.14. The lowest BCUT2D eigenvalue weighted by Crippen LogP contribution is -2.24. The van der Waals surface area contributed by atoms with Gasteiger partial charge < -0.3 is 10.2 Å². The van der Waals surface area contributed by atoms with Gasteiger partial charge in [0.1, 0.15) is 0 Å². The van der Waals surface area contributed by atoms with E-state index in [1.54, 1.807) is 11.3 Å². The molecule has 0 aliphatic carbocycles. The lowest BCUT2D eigenvalue weighted by Gasteiger charge is -2.27. The second-order valence-electron chi connectivity index (χ2n) is 4.65. The molecule has 0 fully saturated rings. The predicted molar refractivity (Wildman–Crippen MR) is 78.7 cm³/mol. The number of aryl methyl sites for hydroxylation is 1. The van der Waals surface area contributed by atoms with Crippen molar-refractivity contribution in [2.75, 3.05) is 30.9 Å². The third-order valence-electron chi connectivity index (χ3n) is 3.43. The Morgan fingerprint density at radius 1 is 1.39 bits per heavy atom. The number of nitrogens with one attached hydrogen (secondary N) is 1. The van der Waals surface area contributed by atoms with Crippen molar-refractivity contribution in [3.63, 3.8) is 0 Å². The number of hydrogen-bond acceptors (Lipinski definition) is 4. The Balaban J connectivity index is 1.99. The SMILES string of the molecule is CNc1ncc(-c2ccc3c(c2)CCCN3C)s1. The molecule has 1 N–H and O–H groups in total. The van der Waals surface area contributed by atoms with E-state index in [2.05, 4.69) is 40.4 Å². The summed E-state index contributed by atoms with van der Waals surface area (Å²) in [4.78, 5) is 7.91. The molecular formula is C14H17N3S. The fraction of sp³-hybridized carbons (Fsp3) is 0.357. The number of hydrogen-bond donors (Lipinski definition) is 1. The first-order valence-corrected chi connectivity index (χ1v) is 7.07. The largest absolute Gasteiger partial charge is 0.374 e. The summed E-state index contributed by atoms with van der Waals surface area (Å²) in [5, 5.41) is 4.06. The number of anilines is 2. The molecule has 0 saturated carbocycles. The molecule has 0 spiro atoms. The predicted octanol–water partition coefficient (Wildman–Crippen LogP) is 3.23. The Bertz CT molecular complexity index is 562. The van der Waals surface area contributed by atoms with Crippen LogP contribution >= 0.6 is 11.3 Å². The first kappa shape index (κ1) is 11.5. The van der Waals surface area contributed by atoms with E-state index in [-0.39, 0.29) is 0 Å². The molecule has 0 amide bonds. The lowest BCUT2D eigenvalue weighted by atomic mass is 9.99. The molecule has 0 unspecified atom stereocenters. The van der Waals surface area contributed by atoms with Gasteiger partial charge in [0.2, 0.25) is 0 Å². The highest BCUT2D eigenvalue weighted by molar-refractivity contribution is 7.18. The van der Waals surface area contributed by atoms with Gasteiger partial charge in [-0.05, 0) is 36.1 Å². The van der Waals surface area contributed by atoms with Crippen molar-refractivity contribution in [3.05, 3.63) is 30.0 Å². The summed E-state index contributed by atoms with van der Waals surface area (Å²) in [5.74, 6) is 0. The summed E-state index contributed by atoms with van der Waals surface area (Å²) in [7, 11) is 4.08. The smallest absolute Gasteiger partial charge is 0.182 e. The van der Waals surface area contributed by atoms with E-state index in [1.165, 1.54) is 34.5 Å². The van der Waals surface area contributed by atoms with Crippen LogP contribution in [-0.2, 0) is 6.42 Å². The molecule has 18 heavy (non-hydrogen) atoms. The van der Waals surface area contributed by atoms with Crippen LogP contribution < -0.4 is 10.2 Å². The molecule has 1 aliphatic heterocycles. The number of rotatable bonds is 2. The van der Waals surface area contributed by atoms with Crippen molar-refractivity contribution in [2.45, 2.75) is 12.8 Å². The summed E-state index contributed by atoms with van der Waals surface area (Å²) in [6.07, 6.45) is 4.38. The zero-order valence-corrected chi connectivity index (χ0v) is 11.5. The number of thiazole rings is 1. The Hall–Kier alpha value is -1.55. The monoisotopic (exact) mass is 259 g/mol. The quantitative estimate of drug-likeness (QED) is 0.897. The molecule has 3 nitrogen and oxygen atoms in total. The summed E-state index contributed by atoms with van der Waals surface area (Å²) in [6, 6.07) is 6.76. The first-order chi connectivity index (χ1) is 8.78. The minimum Gasteiger partial charge on any atom is -0.374 e. The van der Waals surface area contributed by atoms with E-state index in [1.807, 2.05) is 13.2 Å². The van der Waals surface area contributed by atoms with Gasteiger partial charge in [-0.25, -0.2) is 4.98 Å². The van der Waals surface area contributed by atoms with E-state index >= 15 is 0 Å². The molecule has 0 saturated heterocycles. The number of benzene rings is 1. The molecule has 2 heterocycles. The van der Waals surface area contributed by atoms with Crippen LogP contribution in [0.3, 0.4) is 0 Å². The van der Waals surface area contributed by atoms with Gasteiger partial charge in [-0.15, -0.1) is 0 Å². The zero-order chi connectivity index (χ0) is 12.5. The molecule has 94 valence electrons. The third-order valence-corrected chi connectivity index (χ3v) is 4.50. The van der Waals surface area contributed by atoms with Crippen LogP contribution in [0.15, 0.2) is 24.4 Å². The van der Waals surface area contributed by atoms with Crippen molar-refractivity contribution in [1.29, 1.82) is 0 Å². The second-order valence-corrected chi connectivity index (χ2v) is 5.68. The van der Waals surface area contributed by atoms with Gasteiger partial charge in [-0.2, -0.15) is 0 Å². The molecular weight excluding hydrogens is 242 g/mol. The highest BCUT2D eigenvalue weighted by Crippen LogP contribution is 2.34. The molecule has 3 rings (SSSR count). The number of aromatic nitrogens is 1. The Kier molecular flexibility index (Phi) is 2.96. The van der Waals surface area contributed by atoms with Gasteiger partial charge >= 0.3 is 0 Å². The number of fused-ring (bicyclic) bond motifs is 1. The fourth-order valence-electron chi connectivity index (χ4n) is 2.46. The summed E-state index contributed by atoms with van der Waals surface area (Å²) in [6.45, 7) is 1.16. The van der Waals surface area contributed by atoms with Crippen molar-refractivity contribution >= 4 is 22.2 Å². The van der Waals surface area contributed by atoms with E-state index in [4.69, 9.17) is 0 Å². The van der Waals surface area contributed by atoms with Gasteiger partial charge in [0.25, 0.3) is 0 Å². The normalized spacial score (nSPS) is 14.4. The van der Waals surface area contributed by atoms with E-state index < -0.39 is 0 Å². The Morgan fingerprint density at radius 3 is 3.06 bits per heavy atom. The average Bonchev–Trinajstić information content (AvgIpc) is 2.87. The lowest BCUT2D eigenvalue weighted by molar-refractivity contribution is 0.745. The minimum absolute atomic E-state index is 0.972. The fourth-order valence-corrected chi connectivity index (χ4v) is 3.23. The van der Waals surface area contributed by atoms with Crippen molar-refractivity contribution in [1.82, 2.24) is 4.98 Å². The van der Waals surface area contributed by atoms with Gasteiger partial charge in [-0.3, -0.25) is 0 Å². The van der Waals surface area contributed by atoms with Crippen molar-refractivity contribution in [3.8, 4) is 10.4 Å². The van der Waals surface area contributed by atoms with E-state index in [9.17, 15) is 0 Å². The van der Waals surface area contributed by atoms with Crippen LogP contribution in [-0.4, -0.2) is 25.6 Å². The molecule has 1 aromatic heterocycles. The Labute approximate surface area is 111 Å². The third kappa shape index (κ3) is 1.97.